The molecule has 0 saturated carbocycles. The first-order chi connectivity index (χ1) is 10.1. The molecule has 0 fully saturated rings. The summed E-state index contributed by atoms with van der Waals surface area (Å²) in [6, 6.07) is 14.8. The molecule has 2 aromatic carbocycles. The van der Waals surface area contributed by atoms with Gasteiger partial charge in [0.05, 0.1) is 18.5 Å². The van der Waals surface area contributed by atoms with Crippen LogP contribution in [0.25, 0.3) is 0 Å². The van der Waals surface area contributed by atoms with Crippen molar-refractivity contribution in [2.24, 2.45) is 0 Å². The zero-order chi connectivity index (χ0) is 15.4. The van der Waals surface area contributed by atoms with Crippen molar-refractivity contribution in [3.05, 3.63) is 52.5 Å². The van der Waals surface area contributed by atoms with Crippen LogP contribution in [-0.4, -0.2) is 21.2 Å². The number of benzene rings is 2. The lowest BCUT2D eigenvalue weighted by atomic mass is 10.1. The first-order valence-corrected chi connectivity index (χ1v) is 7.71. The van der Waals surface area contributed by atoms with Crippen LogP contribution in [0.4, 0.5) is 11.4 Å². The fraction of sp³-hybridized carbons (Fsp3) is 0.294. The molecule has 1 atom stereocenters. The Bertz CT molecular complexity index is 615. The number of methoxy groups -OCH3 is 1. The van der Waals surface area contributed by atoms with Crippen LogP contribution in [0.2, 0.25) is 0 Å². The van der Waals surface area contributed by atoms with Crippen LogP contribution in [0.1, 0.15) is 18.5 Å². The second-order valence-electron chi connectivity index (χ2n) is 4.95. The molecule has 0 amide bonds. The number of ether oxygens (including phenoxy) is 1. The zero-order valence-electron chi connectivity index (χ0n) is 12.9. The Morgan fingerprint density at radius 2 is 1.86 bits per heavy atom. The number of nitrogens with one attached hydrogen (secondary N) is 1. The van der Waals surface area contributed by atoms with Gasteiger partial charge in [-0.05, 0) is 59.7 Å². The van der Waals surface area contributed by atoms with Crippen molar-refractivity contribution in [1.82, 2.24) is 5.32 Å². The van der Waals surface area contributed by atoms with Crippen LogP contribution in [0.15, 0.2) is 46.9 Å². The van der Waals surface area contributed by atoms with Gasteiger partial charge in [-0.25, -0.2) is 0 Å². The number of para-hydroxylation sites is 2. The Morgan fingerprint density at radius 3 is 2.48 bits per heavy atom. The predicted octanol–water partition coefficient (Wildman–Crippen LogP) is 4.51. The molecule has 3 nitrogen and oxygen atoms in total. The van der Waals surface area contributed by atoms with E-state index in [0.29, 0.717) is 6.04 Å². The number of halogens is 1. The van der Waals surface area contributed by atoms with Gasteiger partial charge in [-0.2, -0.15) is 0 Å². The molecule has 1 N–H and O–H groups in total. The Balaban J connectivity index is 2.37. The van der Waals surface area contributed by atoms with E-state index in [1.807, 2.05) is 32.3 Å². The van der Waals surface area contributed by atoms with E-state index in [1.165, 1.54) is 5.56 Å². The molecule has 0 aliphatic carbocycles. The van der Waals surface area contributed by atoms with Gasteiger partial charge in [0.25, 0.3) is 0 Å². The van der Waals surface area contributed by atoms with Gasteiger partial charge in [0, 0.05) is 17.6 Å². The summed E-state index contributed by atoms with van der Waals surface area (Å²) in [4.78, 5) is 2.12. The molecular formula is C17H21BrN2O. The highest BCUT2D eigenvalue weighted by atomic mass is 79.9. The quantitative estimate of drug-likeness (QED) is 0.860. The average Bonchev–Trinajstić information content (AvgIpc) is 2.53. The van der Waals surface area contributed by atoms with Crippen molar-refractivity contribution in [1.29, 1.82) is 0 Å². The topological polar surface area (TPSA) is 24.5 Å². The minimum Gasteiger partial charge on any atom is -0.495 e. The summed E-state index contributed by atoms with van der Waals surface area (Å²) in [5, 5.41) is 3.25. The summed E-state index contributed by atoms with van der Waals surface area (Å²) >= 11 is 3.68. The standard InChI is InChI=1S/C17H21BrN2O/c1-12(19-2)13-9-10-15(14(18)11-13)20(3)16-7-5-6-8-17(16)21-4/h5-12,19H,1-4H3. The van der Waals surface area contributed by atoms with Gasteiger partial charge in [-0.15, -0.1) is 0 Å². The molecule has 0 aliphatic rings. The summed E-state index contributed by atoms with van der Waals surface area (Å²) in [6.07, 6.45) is 0. The Kier molecular flexibility index (Phi) is 5.26. The average molecular weight is 349 g/mol. The van der Waals surface area contributed by atoms with Crippen molar-refractivity contribution >= 4 is 27.3 Å². The zero-order valence-corrected chi connectivity index (χ0v) is 14.4. The largest absolute Gasteiger partial charge is 0.495 e. The fourth-order valence-electron chi connectivity index (χ4n) is 2.27. The molecule has 0 radical (unpaired) electrons. The minimum atomic E-state index is 0.326. The third-order valence-corrected chi connectivity index (χ3v) is 4.35. The molecular weight excluding hydrogens is 328 g/mol. The van der Waals surface area contributed by atoms with Crippen molar-refractivity contribution in [2.75, 3.05) is 26.1 Å². The molecule has 2 rings (SSSR count). The Morgan fingerprint density at radius 1 is 1.14 bits per heavy atom. The maximum absolute atomic E-state index is 5.44. The summed E-state index contributed by atoms with van der Waals surface area (Å²) in [5.74, 6) is 0.861. The highest BCUT2D eigenvalue weighted by Crippen LogP contribution is 2.36. The number of nitrogens with zero attached hydrogens (tertiary/aromatic N) is 1. The third kappa shape index (κ3) is 3.39. The highest BCUT2D eigenvalue weighted by Gasteiger charge is 2.13. The Labute approximate surface area is 135 Å². The van der Waals surface area contributed by atoms with Crippen LogP contribution >= 0.6 is 15.9 Å². The van der Waals surface area contributed by atoms with Gasteiger partial charge < -0.3 is 15.0 Å². The van der Waals surface area contributed by atoms with Crippen LogP contribution in [0.5, 0.6) is 5.75 Å². The van der Waals surface area contributed by atoms with Gasteiger partial charge in [-0.1, -0.05) is 18.2 Å². The molecule has 4 heteroatoms. The minimum absolute atomic E-state index is 0.326. The Hall–Kier alpha value is -1.52. The number of anilines is 2. The van der Waals surface area contributed by atoms with Gasteiger partial charge in [0.1, 0.15) is 5.75 Å². The van der Waals surface area contributed by atoms with E-state index < -0.39 is 0 Å². The maximum Gasteiger partial charge on any atom is 0.142 e. The summed E-state index contributed by atoms with van der Waals surface area (Å²) in [6.45, 7) is 2.14. The van der Waals surface area contributed by atoms with E-state index in [4.69, 9.17) is 4.74 Å². The number of hydrogen-bond donors (Lipinski definition) is 1. The van der Waals surface area contributed by atoms with Crippen LogP contribution < -0.4 is 15.0 Å². The second kappa shape index (κ2) is 6.96. The van der Waals surface area contributed by atoms with Crippen molar-refractivity contribution in [3.63, 3.8) is 0 Å². The molecule has 0 spiro atoms. The molecule has 0 aliphatic heterocycles. The fourth-order valence-corrected chi connectivity index (χ4v) is 2.93. The van der Waals surface area contributed by atoms with E-state index in [-0.39, 0.29) is 0 Å². The molecule has 2 aromatic rings. The van der Waals surface area contributed by atoms with Crippen molar-refractivity contribution in [3.8, 4) is 5.75 Å². The van der Waals surface area contributed by atoms with Crippen LogP contribution in [0.3, 0.4) is 0 Å². The SMILES string of the molecule is CNC(C)c1ccc(N(C)c2ccccc2OC)c(Br)c1. The first kappa shape index (κ1) is 15.9. The third-order valence-electron chi connectivity index (χ3n) is 3.71. The summed E-state index contributed by atoms with van der Waals surface area (Å²) in [7, 11) is 5.70. The molecule has 1 unspecified atom stereocenters. The first-order valence-electron chi connectivity index (χ1n) is 6.92. The number of rotatable bonds is 5. The number of hydrogen-bond acceptors (Lipinski definition) is 3. The molecule has 0 saturated heterocycles. The lowest BCUT2D eigenvalue weighted by Crippen LogP contribution is -2.14. The van der Waals surface area contributed by atoms with Gasteiger partial charge in [0.2, 0.25) is 0 Å². The van der Waals surface area contributed by atoms with E-state index >= 15 is 0 Å². The van der Waals surface area contributed by atoms with E-state index in [0.717, 1.165) is 21.6 Å². The molecule has 21 heavy (non-hydrogen) atoms. The molecule has 0 bridgehead atoms. The normalized spacial score (nSPS) is 12.0. The van der Waals surface area contributed by atoms with Crippen molar-refractivity contribution < 1.29 is 4.74 Å². The summed E-state index contributed by atoms with van der Waals surface area (Å²) < 4.78 is 6.51. The lowest BCUT2D eigenvalue weighted by molar-refractivity contribution is 0.415. The molecule has 112 valence electrons. The predicted molar refractivity (Wildman–Crippen MR) is 92.7 cm³/mol. The maximum atomic E-state index is 5.44. The smallest absolute Gasteiger partial charge is 0.142 e. The van der Waals surface area contributed by atoms with Crippen LogP contribution in [-0.2, 0) is 0 Å². The van der Waals surface area contributed by atoms with E-state index in [9.17, 15) is 0 Å². The molecule has 0 heterocycles. The van der Waals surface area contributed by atoms with Gasteiger partial charge in [0.15, 0.2) is 0 Å². The van der Waals surface area contributed by atoms with E-state index in [1.54, 1.807) is 7.11 Å². The van der Waals surface area contributed by atoms with Gasteiger partial charge >= 0.3 is 0 Å². The summed E-state index contributed by atoms with van der Waals surface area (Å²) in [5.41, 5.74) is 3.39. The van der Waals surface area contributed by atoms with E-state index in [2.05, 4.69) is 57.3 Å². The monoisotopic (exact) mass is 348 g/mol. The van der Waals surface area contributed by atoms with Crippen molar-refractivity contribution in [2.45, 2.75) is 13.0 Å². The van der Waals surface area contributed by atoms with Gasteiger partial charge in [-0.3, -0.25) is 0 Å². The second-order valence-corrected chi connectivity index (χ2v) is 5.81. The van der Waals surface area contributed by atoms with Crippen LogP contribution in [0, 0.1) is 0 Å². The lowest BCUT2D eigenvalue weighted by Gasteiger charge is -2.24. The highest BCUT2D eigenvalue weighted by molar-refractivity contribution is 9.10. The molecule has 0 aromatic heterocycles.